The fraction of sp³-hybridized carbons (Fsp3) is 0.938. The zero-order chi connectivity index (χ0) is 15.3. The number of hydrogen-bond acceptors (Lipinski definition) is 2. The molecule has 4 heteroatoms. The van der Waals surface area contributed by atoms with Gasteiger partial charge in [0.15, 0.2) is 0 Å². The summed E-state index contributed by atoms with van der Waals surface area (Å²) < 4.78 is 0. The molecule has 0 radical (unpaired) electrons. The highest BCUT2D eigenvalue weighted by atomic mass is 16.2. The van der Waals surface area contributed by atoms with Crippen LogP contribution in [0, 0.1) is 17.8 Å². The van der Waals surface area contributed by atoms with Gasteiger partial charge >= 0.3 is 6.03 Å². The molecule has 1 aliphatic rings. The molecule has 1 N–H and O–H groups in total. The summed E-state index contributed by atoms with van der Waals surface area (Å²) >= 11 is 0. The highest BCUT2D eigenvalue weighted by molar-refractivity contribution is 5.73. The van der Waals surface area contributed by atoms with E-state index >= 15 is 0 Å². The third kappa shape index (κ3) is 4.97. The molecular weight excluding hydrogens is 250 g/mol. The lowest BCUT2D eigenvalue weighted by molar-refractivity contribution is 0.149. The van der Waals surface area contributed by atoms with E-state index in [0.29, 0.717) is 6.04 Å². The molecule has 1 fully saturated rings. The van der Waals surface area contributed by atoms with Gasteiger partial charge in [0.2, 0.25) is 0 Å². The van der Waals surface area contributed by atoms with Crippen molar-refractivity contribution in [1.82, 2.24) is 15.1 Å². The molecule has 2 amide bonds. The Morgan fingerprint density at radius 2 is 1.65 bits per heavy atom. The molecule has 1 heterocycles. The van der Waals surface area contributed by atoms with Crippen molar-refractivity contribution < 1.29 is 4.79 Å². The Morgan fingerprint density at radius 1 is 1.15 bits per heavy atom. The number of carbonyl (C=O) groups is 1. The Morgan fingerprint density at radius 3 is 2.05 bits per heavy atom. The third-order valence-corrected chi connectivity index (χ3v) is 4.50. The molecule has 0 atom stereocenters. The molecule has 0 aromatic carbocycles. The maximum absolute atomic E-state index is 11.9. The smallest absolute Gasteiger partial charge is 0.319 e. The van der Waals surface area contributed by atoms with Crippen molar-refractivity contribution in [1.29, 1.82) is 0 Å². The van der Waals surface area contributed by atoms with Crippen LogP contribution in [0.2, 0.25) is 0 Å². The van der Waals surface area contributed by atoms with Crippen LogP contribution in [-0.2, 0) is 0 Å². The number of carbonyl (C=O) groups excluding carboxylic acids is 1. The van der Waals surface area contributed by atoms with Crippen molar-refractivity contribution in [2.75, 3.05) is 33.7 Å². The van der Waals surface area contributed by atoms with E-state index in [9.17, 15) is 4.79 Å². The summed E-state index contributed by atoms with van der Waals surface area (Å²) in [7, 11) is 3.64. The summed E-state index contributed by atoms with van der Waals surface area (Å²) in [6, 6.07) is 0.715. The Bertz CT molecular complexity index is 286. The maximum atomic E-state index is 11.9. The molecular formula is C16H33N3O. The van der Waals surface area contributed by atoms with Crippen LogP contribution in [0.3, 0.4) is 0 Å². The first-order valence-electron chi connectivity index (χ1n) is 8.02. The Balaban J connectivity index is 2.34. The number of rotatable bonds is 5. The molecule has 0 aromatic rings. The zero-order valence-electron chi connectivity index (χ0n) is 14.1. The second-order valence-corrected chi connectivity index (χ2v) is 7.00. The molecule has 0 bridgehead atoms. The van der Waals surface area contributed by atoms with Crippen molar-refractivity contribution >= 4 is 6.03 Å². The average molecular weight is 283 g/mol. The van der Waals surface area contributed by atoms with Crippen LogP contribution in [0.15, 0.2) is 0 Å². The summed E-state index contributed by atoms with van der Waals surface area (Å²) in [5.41, 5.74) is 0. The number of nitrogens with one attached hydrogen (secondary N) is 1. The predicted octanol–water partition coefficient (Wildman–Crippen LogP) is 2.65. The van der Waals surface area contributed by atoms with Crippen molar-refractivity contribution in [3.63, 3.8) is 0 Å². The monoisotopic (exact) mass is 283 g/mol. The van der Waals surface area contributed by atoms with Crippen LogP contribution in [0.5, 0.6) is 0 Å². The number of urea groups is 1. The largest absolute Gasteiger partial charge is 0.331 e. The van der Waals surface area contributed by atoms with Crippen molar-refractivity contribution in [3.8, 4) is 0 Å². The molecule has 0 unspecified atom stereocenters. The molecule has 1 aliphatic heterocycles. The third-order valence-electron chi connectivity index (χ3n) is 4.50. The van der Waals surface area contributed by atoms with Crippen molar-refractivity contribution in [2.24, 2.45) is 17.8 Å². The fourth-order valence-corrected chi connectivity index (χ4v) is 3.10. The van der Waals surface area contributed by atoms with Gasteiger partial charge in [-0.1, -0.05) is 27.7 Å². The molecule has 4 nitrogen and oxygen atoms in total. The first-order valence-corrected chi connectivity index (χ1v) is 8.02. The van der Waals surface area contributed by atoms with Crippen LogP contribution in [0.1, 0.15) is 40.5 Å². The van der Waals surface area contributed by atoms with E-state index < -0.39 is 0 Å². The summed E-state index contributed by atoms with van der Waals surface area (Å²) in [6.45, 7) is 12.1. The first kappa shape index (κ1) is 17.3. The second-order valence-electron chi connectivity index (χ2n) is 7.00. The average Bonchev–Trinajstić information content (AvgIpc) is 2.38. The SMILES string of the molecule is CC(C)C(CNC1CCN(C(=O)N(C)C)CC1)C(C)C. The topological polar surface area (TPSA) is 35.6 Å². The lowest BCUT2D eigenvalue weighted by Crippen LogP contribution is -2.49. The van der Waals surface area contributed by atoms with E-state index in [1.165, 1.54) is 0 Å². The van der Waals surface area contributed by atoms with Crippen molar-refractivity contribution in [3.05, 3.63) is 0 Å². The summed E-state index contributed by atoms with van der Waals surface area (Å²) in [6.07, 6.45) is 2.14. The van der Waals surface area contributed by atoms with E-state index in [1.54, 1.807) is 4.90 Å². The summed E-state index contributed by atoms with van der Waals surface area (Å²) in [4.78, 5) is 15.5. The van der Waals surface area contributed by atoms with E-state index in [1.807, 2.05) is 19.0 Å². The molecule has 0 aromatic heterocycles. The van der Waals surface area contributed by atoms with Gasteiger partial charge in [-0.05, 0) is 37.1 Å². The number of amides is 2. The molecule has 0 aliphatic carbocycles. The number of piperidine rings is 1. The minimum atomic E-state index is 0.144. The van der Waals surface area contributed by atoms with Crippen LogP contribution < -0.4 is 5.32 Å². The Hall–Kier alpha value is -0.770. The van der Waals surface area contributed by atoms with Crippen molar-refractivity contribution in [2.45, 2.75) is 46.6 Å². The standard InChI is InChI=1S/C16H33N3O/c1-12(2)15(13(3)4)11-17-14-7-9-19(10-8-14)16(20)18(5)6/h12-15,17H,7-11H2,1-6H3. The molecule has 0 spiro atoms. The zero-order valence-corrected chi connectivity index (χ0v) is 14.1. The van der Waals surface area contributed by atoms with E-state index in [2.05, 4.69) is 33.0 Å². The van der Waals surface area contributed by atoms with Crippen LogP contribution in [-0.4, -0.2) is 55.6 Å². The van der Waals surface area contributed by atoms with E-state index in [4.69, 9.17) is 0 Å². The molecule has 20 heavy (non-hydrogen) atoms. The molecule has 1 saturated heterocycles. The molecule has 1 rings (SSSR count). The van der Waals surface area contributed by atoms with E-state index in [0.717, 1.165) is 50.2 Å². The van der Waals surface area contributed by atoms with Gasteiger partial charge in [0.1, 0.15) is 0 Å². The van der Waals surface area contributed by atoms with Gasteiger partial charge < -0.3 is 15.1 Å². The summed E-state index contributed by atoms with van der Waals surface area (Å²) in [5, 5.41) is 3.72. The number of likely N-dealkylation sites (tertiary alicyclic amines) is 1. The normalized spacial score (nSPS) is 17.4. The highest BCUT2D eigenvalue weighted by Gasteiger charge is 2.25. The lowest BCUT2D eigenvalue weighted by atomic mass is 9.85. The van der Waals surface area contributed by atoms with Crippen LogP contribution in [0.25, 0.3) is 0 Å². The number of nitrogens with zero attached hydrogens (tertiary/aromatic N) is 2. The molecule has 118 valence electrons. The quantitative estimate of drug-likeness (QED) is 0.842. The Kier molecular flexibility index (Phi) is 6.80. The van der Waals surface area contributed by atoms with Crippen LogP contribution >= 0.6 is 0 Å². The highest BCUT2D eigenvalue weighted by Crippen LogP contribution is 2.20. The fourth-order valence-electron chi connectivity index (χ4n) is 3.10. The first-order chi connectivity index (χ1) is 9.32. The van der Waals surface area contributed by atoms with Crippen LogP contribution in [0.4, 0.5) is 4.79 Å². The van der Waals surface area contributed by atoms with Gasteiger partial charge in [-0.2, -0.15) is 0 Å². The number of hydrogen-bond donors (Lipinski definition) is 1. The lowest BCUT2D eigenvalue weighted by Gasteiger charge is -2.35. The second kappa shape index (κ2) is 7.87. The predicted molar refractivity (Wildman–Crippen MR) is 84.8 cm³/mol. The minimum absolute atomic E-state index is 0.144. The minimum Gasteiger partial charge on any atom is -0.331 e. The Labute approximate surface area is 124 Å². The maximum Gasteiger partial charge on any atom is 0.319 e. The van der Waals surface area contributed by atoms with Gasteiger partial charge in [-0.25, -0.2) is 4.79 Å². The summed E-state index contributed by atoms with van der Waals surface area (Å²) in [5.74, 6) is 2.17. The van der Waals surface area contributed by atoms with Gasteiger partial charge in [-0.3, -0.25) is 0 Å². The van der Waals surface area contributed by atoms with Gasteiger partial charge in [-0.15, -0.1) is 0 Å². The van der Waals surface area contributed by atoms with E-state index in [-0.39, 0.29) is 6.03 Å². The van der Waals surface area contributed by atoms with Gasteiger partial charge in [0.05, 0.1) is 0 Å². The van der Waals surface area contributed by atoms with Gasteiger partial charge in [0, 0.05) is 33.2 Å². The molecule has 0 saturated carbocycles. The van der Waals surface area contributed by atoms with Gasteiger partial charge in [0.25, 0.3) is 0 Å².